The van der Waals surface area contributed by atoms with Gasteiger partial charge in [-0.3, -0.25) is 14.4 Å². The van der Waals surface area contributed by atoms with Gasteiger partial charge in [-0.2, -0.15) is 0 Å². The van der Waals surface area contributed by atoms with E-state index < -0.39 is 75.0 Å². The highest BCUT2D eigenvalue weighted by Crippen LogP contribution is 2.42. The number of carbonyl (C=O) groups is 3. The van der Waals surface area contributed by atoms with Crippen molar-refractivity contribution >= 4 is 17.5 Å². The van der Waals surface area contributed by atoms with E-state index in [1.807, 2.05) is 0 Å². The lowest BCUT2D eigenvalue weighted by Gasteiger charge is -2.27. The number of Topliss-reactive ketones (excluding diaryl/α,β-unsaturated/α-hetero) is 2. The van der Waals surface area contributed by atoms with Crippen molar-refractivity contribution in [3.63, 3.8) is 0 Å². The molecule has 0 saturated heterocycles. The summed E-state index contributed by atoms with van der Waals surface area (Å²) in [6.07, 6.45) is 15.3. The minimum absolute atomic E-state index is 0.150. The van der Waals surface area contributed by atoms with Gasteiger partial charge in [0.05, 0.1) is 0 Å². The zero-order chi connectivity index (χ0) is 31.3. The van der Waals surface area contributed by atoms with Gasteiger partial charge in [-0.05, 0) is 56.4 Å². The van der Waals surface area contributed by atoms with E-state index in [4.69, 9.17) is 0 Å². The van der Waals surface area contributed by atoms with Gasteiger partial charge in [-0.1, -0.05) is 70.4 Å². The molecule has 0 aromatic heterocycles. The number of hydrogen-bond acceptors (Lipinski definition) is 9. The summed E-state index contributed by atoms with van der Waals surface area (Å²) in [5, 5.41) is 69.2. The SMILES string of the molecule is CCCCCCCCC=CCCCCCCC(C(=O)O)(C(=O)c1cc(O)c(O)c(O)c1)C(=O)c1cc(O)c(O)c(O)c1. The van der Waals surface area contributed by atoms with Crippen LogP contribution in [0.5, 0.6) is 34.5 Å². The van der Waals surface area contributed by atoms with E-state index in [-0.39, 0.29) is 6.42 Å². The molecule has 10 heteroatoms. The molecule has 0 aliphatic carbocycles. The average molecular weight is 587 g/mol. The largest absolute Gasteiger partial charge is 0.504 e. The molecule has 2 aromatic rings. The van der Waals surface area contributed by atoms with Crippen molar-refractivity contribution in [2.24, 2.45) is 5.41 Å². The van der Waals surface area contributed by atoms with Gasteiger partial charge in [-0.25, -0.2) is 0 Å². The van der Waals surface area contributed by atoms with Crippen LogP contribution in [0.4, 0.5) is 0 Å². The molecular formula is C32H42O10. The molecule has 0 unspecified atom stereocenters. The van der Waals surface area contributed by atoms with Crippen molar-refractivity contribution < 1.29 is 50.1 Å². The van der Waals surface area contributed by atoms with Crippen molar-refractivity contribution in [3.8, 4) is 34.5 Å². The number of benzene rings is 2. The molecule has 0 fully saturated rings. The first-order valence-corrected chi connectivity index (χ1v) is 14.4. The summed E-state index contributed by atoms with van der Waals surface area (Å²) in [6.45, 7) is 2.19. The number of carboxylic acids is 1. The molecular weight excluding hydrogens is 544 g/mol. The molecule has 0 spiro atoms. The Morgan fingerprint density at radius 2 is 0.952 bits per heavy atom. The van der Waals surface area contributed by atoms with Crippen LogP contribution in [0.15, 0.2) is 36.4 Å². The van der Waals surface area contributed by atoms with Crippen LogP contribution in [0.25, 0.3) is 0 Å². The molecule has 0 aliphatic heterocycles. The maximum Gasteiger partial charge on any atom is 0.325 e. The molecule has 230 valence electrons. The van der Waals surface area contributed by atoms with Gasteiger partial charge in [0.15, 0.2) is 51.5 Å². The predicted octanol–water partition coefficient (Wildman–Crippen LogP) is 6.70. The molecule has 0 radical (unpaired) electrons. The number of ketones is 2. The summed E-state index contributed by atoms with van der Waals surface area (Å²) < 4.78 is 0. The Morgan fingerprint density at radius 1 is 0.595 bits per heavy atom. The second-order valence-electron chi connectivity index (χ2n) is 10.6. The van der Waals surface area contributed by atoms with E-state index in [1.54, 1.807) is 0 Å². The smallest absolute Gasteiger partial charge is 0.325 e. The molecule has 7 N–H and O–H groups in total. The maximum atomic E-state index is 13.7. The summed E-state index contributed by atoms with van der Waals surface area (Å²) >= 11 is 0. The van der Waals surface area contributed by atoms with Crippen LogP contribution < -0.4 is 0 Å². The van der Waals surface area contributed by atoms with Crippen molar-refractivity contribution in [1.29, 1.82) is 0 Å². The van der Waals surface area contributed by atoms with Gasteiger partial charge in [0.2, 0.25) is 0 Å². The number of aromatic hydroxyl groups is 6. The lowest BCUT2D eigenvalue weighted by Crippen LogP contribution is -2.46. The van der Waals surface area contributed by atoms with E-state index in [0.29, 0.717) is 12.8 Å². The van der Waals surface area contributed by atoms with Crippen LogP contribution in [0.1, 0.15) is 111 Å². The van der Waals surface area contributed by atoms with Gasteiger partial charge in [0, 0.05) is 11.1 Å². The standard InChI is InChI=1S/C32H42O10/c1-2-3-4-5-6-7-8-9-10-11-12-13-14-15-16-32(31(41)42,29(39)21-17-23(33)27(37)24(34)18-21)30(40)22-19-25(35)28(38)26(36)20-22/h9-10,17-20,33-38H,2-8,11-16H2,1H3,(H,41,42). The van der Waals surface area contributed by atoms with E-state index in [2.05, 4.69) is 19.1 Å². The van der Waals surface area contributed by atoms with E-state index in [9.17, 15) is 50.1 Å². The van der Waals surface area contributed by atoms with Gasteiger partial charge < -0.3 is 35.7 Å². The second-order valence-corrected chi connectivity index (χ2v) is 10.6. The normalized spacial score (nSPS) is 11.6. The Bertz CT molecular complexity index is 1150. The molecule has 2 rings (SSSR count). The quantitative estimate of drug-likeness (QED) is 0.0306. The second kappa shape index (κ2) is 16.3. The van der Waals surface area contributed by atoms with E-state index >= 15 is 0 Å². The number of unbranched alkanes of at least 4 members (excludes halogenated alkanes) is 10. The molecule has 0 amide bonds. The molecule has 0 bridgehead atoms. The molecule has 0 atom stereocenters. The number of allylic oxidation sites excluding steroid dienone is 2. The lowest BCUT2D eigenvalue weighted by molar-refractivity contribution is -0.143. The summed E-state index contributed by atoms with van der Waals surface area (Å²) in [5.41, 5.74) is -3.84. The lowest BCUT2D eigenvalue weighted by atomic mass is 9.70. The Morgan fingerprint density at radius 3 is 1.33 bits per heavy atom. The fraction of sp³-hybridized carbons (Fsp3) is 0.469. The number of carboxylic acid groups (broad SMARTS) is 1. The zero-order valence-electron chi connectivity index (χ0n) is 24.0. The monoisotopic (exact) mass is 586 g/mol. The minimum Gasteiger partial charge on any atom is -0.504 e. The highest BCUT2D eigenvalue weighted by molar-refractivity contribution is 6.30. The first-order chi connectivity index (χ1) is 20.0. The maximum absolute atomic E-state index is 13.7. The summed E-state index contributed by atoms with van der Waals surface area (Å²) in [6, 6.07) is 2.97. The first kappa shape index (κ1) is 34.0. The van der Waals surface area contributed by atoms with Crippen LogP contribution in [0.3, 0.4) is 0 Å². The Labute approximate surface area is 245 Å². The van der Waals surface area contributed by atoms with Crippen molar-refractivity contribution in [1.82, 2.24) is 0 Å². The summed E-state index contributed by atoms with van der Waals surface area (Å²) in [5.74, 6) is -9.77. The highest BCUT2D eigenvalue weighted by Gasteiger charge is 2.53. The summed E-state index contributed by atoms with van der Waals surface area (Å²) in [7, 11) is 0. The Hall–Kier alpha value is -4.21. The van der Waals surface area contributed by atoms with Gasteiger partial charge >= 0.3 is 5.97 Å². The highest BCUT2D eigenvalue weighted by atomic mass is 16.4. The third kappa shape index (κ3) is 8.64. The van der Waals surface area contributed by atoms with Gasteiger partial charge in [0.1, 0.15) is 0 Å². The van der Waals surface area contributed by atoms with Crippen LogP contribution in [0, 0.1) is 5.41 Å². The third-order valence-corrected chi connectivity index (χ3v) is 7.37. The average Bonchev–Trinajstić information content (AvgIpc) is 2.95. The number of carbonyl (C=O) groups excluding carboxylic acids is 2. The Kier molecular flexibility index (Phi) is 13.2. The number of hydrogen-bond donors (Lipinski definition) is 7. The van der Waals surface area contributed by atoms with E-state index in [1.165, 1.54) is 32.1 Å². The van der Waals surface area contributed by atoms with Crippen LogP contribution in [0.2, 0.25) is 0 Å². The van der Waals surface area contributed by atoms with Gasteiger partial charge in [-0.15, -0.1) is 0 Å². The minimum atomic E-state index is -2.76. The Balaban J connectivity index is 2.16. The van der Waals surface area contributed by atoms with Crippen molar-refractivity contribution in [3.05, 3.63) is 47.5 Å². The molecule has 10 nitrogen and oxygen atoms in total. The molecule has 0 heterocycles. The zero-order valence-corrected chi connectivity index (χ0v) is 24.0. The third-order valence-electron chi connectivity index (χ3n) is 7.37. The van der Waals surface area contributed by atoms with E-state index in [0.717, 1.165) is 49.9 Å². The number of aliphatic carboxylic acids is 1. The van der Waals surface area contributed by atoms with Crippen molar-refractivity contribution in [2.45, 2.75) is 90.4 Å². The molecule has 0 aliphatic rings. The first-order valence-electron chi connectivity index (χ1n) is 14.4. The number of phenolic OH excluding ortho intramolecular Hbond substituents is 6. The fourth-order valence-corrected chi connectivity index (χ4v) is 4.88. The predicted molar refractivity (Wildman–Crippen MR) is 156 cm³/mol. The topological polar surface area (TPSA) is 193 Å². The van der Waals surface area contributed by atoms with Crippen LogP contribution in [-0.2, 0) is 4.79 Å². The van der Waals surface area contributed by atoms with Gasteiger partial charge in [0.25, 0.3) is 0 Å². The molecule has 0 saturated carbocycles. The van der Waals surface area contributed by atoms with Crippen LogP contribution in [-0.4, -0.2) is 53.3 Å². The number of phenols is 6. The molecule has 2 aromatic carbocycles. The molecule has 42 heavy (non-hydrogen) atoms. The van der Waals surface area contributed by atoms with Crippen molar-refractivity contribution in [2.75, 3.05) is 0 Å². The fourth-order valence-electron chi connectivity index (χ4n) is 4.88. The summed E-state index contributed by atoms with van der Waals surface area (Å²) in [4.78, 5) is 40.0. The number of rotatable bonds is 19. The van der Waals surface area contributed by atoms with Crippen LogP contribution >= 0.6 is 0 Å².